The molecule has 0 aliphatic rings. The summed E-state index contributed by atoms with van der Waals surface area (Å²) >= 11 is 0. The topological polar surface area (TPSA) is 50.7 Å². The Morgan fingerprint density at radius 1 is 1.35 bits per heavy atom. The third-order valence-electron chi connectivity index (χ3n) is 2.37. The third kappa shape index (κ3) is 4.63. The minimum atomic E-state index is 0.0129. The van der Waals surface area contributed by atoms with Crippen molar-refractivity contribution in [1.82, 2.24) is 5.32 Å². The zero-order chi connectivity index (χ0) is 12.5. The van der Waals surface area contributed by atoms with E-state index in [2.05, 4.69) is 12.2 Å². The van der Waals surface area contributed by atoms with Crippen LogP contribution in [0.2, 0.25) is 0 Å². The molecule has 0 radical (unpaired) electrons. The van der Waals surface area contributed by atoms with Gasteiger partial charge in [-0.1, -0.05) is 13.0 Å². The highest BCUT2D eigenvalue weighted by atomic mass is 16.5. The van der Waals surface area contributed by atoms with Crippen LogP contribution in [0, 0.1) is 0 Å². The highest BCUT2D eigenvalue weighted by Gasteiger charge is 2.05. The fourth-order valence-electron chi connectivity index (χ4n) is 1.50. The van der Waals surface area contributed by atoms with Crippen LogP contribution in [-0.4, -0.2) is 32.0 Å². The second-order valence-corrected chi connectivity index (χ2v) is 3.72. The SMILES string of the molecule is CCCNCc1ccc(OC)cc1OCCO. The molecule has 2 N–H and O–H groups in total. The molecule has 0 saturated carbocycles. The predicted molar refractivity (Wildman–Crippen MR) is 67.6 cm³/mol. The van der Waals surface area contributed by atoms with Crippen LogP contribution >= 0.6 is 0 Å². The Morgan fingerprint density at radius 3 is 2.82 bits per heavy atom. The van der Waals surface area contributed by atoms with Crippen molar-refractivity contribution in [1.29, 1.82) is 0 Å². The van der Waals surface area contributed by atoms with Gasteiger partial charge >= 0.3 is 0 Å². The maximum atomic E-state index is 8.79. The number of aliphatic hydroxyl groups is 1. The zero-order valence-corrected chi connectivity index (χ0v) is 10.5. The van der Waals surface area contributed by atoms with Gasteiger partial charge in [-0.25, -0.2) is 0 Å². The summed E-state index contributed by atoms with van der Waals surface area (Å²) in [6.07, 6.45) is 1.10. The molecule has 17 heavy (non-hydrogen) atoms. The van der Waals surface area contributed by atoms with Crippen LogP contribution in [0.4, 0.5) is 0 Å². The lowest BCUT2D eigenvalue weighted by Gasteiger charge is -2.12. The standard InChI is InChI=1S/C13H21NO3/c1-3-6-14-10-11-4-5-12(16-2)9-13(11)17-8-7-15/h4-5,9,14-15H,3,6-8,10H2,1-2H3. The van der Waals surface area contributed by atoms with Crippen molar-refractivity contribution in [2.24, 2.45) is 0 Å². The molecule has 0 atom stereocenters. The number of hydrogen-bond donors (Lipinski definition) is 2. The predicted octanol–water partition coefficient (Wildman–Crippen LogP) is 1.57. The monoisotopic (exact) mass is 239 g/mol. The summed E-state index contributed by atoms with van der Waals surface area (Å²) in [7, 11) is 1.63. The molecule has 0 fully saturated rings. The molecule has 1 aromatic rings. The zero-order valence-electron chi connectivity index (χ0n) is 10.5. The normalized spacial score (nSPS) is 10.3. The van der Waals surface area contributed by atoms with E-state index < -0.39 is 0 Å². The van der Waals surface area contributed by atoms with Crippen molar-refractivity contribution in [2.45, 2.75) is 19.9 Å². The summed E-state index contributed by atoms with van der Waals surface area (Å²) in [4.78, 5) is 0. The summed E-state index contributed by atoms with van der Waals surface area (Å²) in [6, 6.07) is 5.74. The average Bonchev–Trinajstić information content (AvgIpc) is 2.37. The molecule has 0 saturated heterocycles. The lowest BCUT2D eigenvalue weighted by atomic mass is 10.2. The molecule has 96 valence electrons. The van der Waals surface area contributed by atoms with Gasteiger partial charge in [-0.05, 0) is 19.0 Å². The van der Waals surface area contributed by atoms with Crippen LogP contribution in [0.3, 0.4) is 0 Å². The minimum Gasteiger partial charge on any atom is -0.497 e. The van der Waals surface area contributed by atoms with Crippen LogP contribution in [0.5, 0.6) is 11.5 Å². The Morgan fingerprint density at radius 2 is 2.18 bits per heavy atom. The van der Waals surface area contributed by atoms with Crippen LogP contribution in [-0.2, 0) is 6.54 Å². The van der Waals surface area contributed by atoms with Crippen molar-refractivity contribution in [3.05, 3.63) is 23.8 Å². The number of ether oxygens (including phenoxy) is 2. The van der Waals surface area contributed by atoms with Gasteiger partial charge in [0.05, 0.1) is 13.7 Å². The quantitative estimate of drug-likeness (QED) is 0.676. The highest BCUT2D eigenvalue weighted by Crippen LogP contribution is 2.24. The Kier molecular flexibility index (Phi) is 6.43. The summed E-state index contributed by atoms with van der Waals surface area (Å²) in [5, 5.41) is 12.1. The van der Waals surface area contributed by atoms with Gasteiger partial charge in [-0.3, -0.25) is 0 Å². The number of benzene rings is 1. The van der Waals surface area contributed by atoms with Crippen LogP contribution in [0.15, 0.2) is 18.2 Å². The van der Waals surface area contributed by atoms with Crippen molar-refractivity contribution in [2.75, 3.05) is 26.9 Å². The number of methoxy groups -OCH3 is 1. The van der Waals surface area contributed by atoms with E-state index in [-0.39, 0.29) is 6.61 Å². The van der Waals surface area contributed by atoms with Crippen molar-refractivity contribution >= 4 is 0 Å². The lowest BCUT2D eigenvalue weighted by Crippen LogP contribution is -2.15. The minimum absolute atomic E-state index is 0.0129. The molecule has 1 aromatic carbocycles. The fourth-order valence-corrected chi connectivity index (χ4v) is 1.50. The molecule has 0 unspecified atom stereocenters. The first-order chi connectivity index (χ1) is 8.31. The average molecular weight is 239 g/mol. The molecule has 0 aromatic heterocycles. The first-order valence-corrected chi connectivity index (χ1v) is 5.93. The van der Waals surface area contributed by atoms with E-state index in [1.54, 1.807) is 7.11 Å². The Balaban J connectivity index is 2.71. The molecule has 0 aliphatic carbocycles. The van der Waals surface area contributed by atoms with Gasteiger partial charge in [0.2, 0.25) is 0 Å². The number of nitrogens with one attached hydrogen (secondary N) is 1. The van der Waals surface area contributed by atoms with E-state index in [4.69, 9.17) is 14.6 Å². The molecular weight excluding hydrogens is 218 g/mol. The van der Waals surface area contributed by atoms with Gasteiger partial charge in [0.1, 0.15) is 18.1 Å². The van der Waals surface area contributed by atoms with E-state index in [9.17, 15) is 0 Å². The second kappa shape index (κ2) is 7.92. The molecule has 0 amide bonds. The van der Waals surface area contributed by atoms with E-state index in [1.165, 1.54) is 0 Å². The largest absolute Gasteiger partial charge is 0.497 e. The van der Waals surface area contributed by atoms with Gasteiger partial charge in [0, 0.05) is 18.2 Å². The second-order valence-electron chi connectivity index (χ2n) is 3.72. The van der Waals surface area contributed by atoms with Crippen molar-refractivity contribution < 1.29 is 14.6 Å². The Labute approximate surface area is 103 Å². The summed E-state index contributed by atoms with van der Waals surface area (Å²) in [5.41, 5.74) is 1.08. The van der Waals surface area contributed by atoms with Crippen molar-refractivity contribution in [3.8, 4) is 11.5 Å². The van der Waals surface area contributed by atoms with Crippen molar-refractivity contribution in [3.63, 3.8) is 0 Å². The third-order valence-corrected chi connectivity index (χ3v) is 2.37. The molecule has 0 spiro atoms. The van der Waals surface area contributed by atoms with E-state index in [0.29, 0.717) is 6.61 Å². The summed E-state index contributed by atoms with van der Waals surface area (Å²) < 4.78 is 10.6. The number of aliphatic hydroxyl groups excluding tert-OH is 1. The molecule has 4 heteroatoms. The molecule has 0 aliphatic heterocycles. The fraction of sp³-hybridized carbons (Fsp3) is 0.538. The Hall–Kier alpha value is -1.26. The smallest absolute Gasteiger partial charge is 0.127 e. The van der Waals surface area contributed by atoms with Gasteiger partial charge < -0.3 is 19.9 Å². The number of hydrogen-bond acceptors (Lipinski definition) is 4. The first kappa shape index (κ1) is 13.8. The maximum Gasteiger partial charge on any atom is 0.127 e. The molecule has 0 bridgehead atoms. The van der Waals surface area contributed by atoms with Gasteiger partial charge in [0.15, 0.2) is 0 Å². The van der Waals surface area contributed by atoms with E-state index in [1.807, 2.05) is 18.2 Å². The lowest BCUT2D eigenvalue weighted by molar-refractivity contribution is 0.199. The van der Waals surface area contributed by atoms with Gasteiger partial charge in [-0.2, -0.15) is 0 Å². The summed E-state index contributed by atoms with van der Waals surface area (Å²) in [6.45, 7) is 4.18. The van der Waals surface area contributed by atoms with E-state index >= 15 is 0 Å². The van der Waals surface area contributed by atoms with E-state index in [0.717, 1.165) is 36.6 Å². The van der Waals surface area contributed by atoms with Crippen LogP contribution in [0.25, 0.3) is 0 Å². The molecule has 4 nitrogen and oxygen atoms in total. The number of rotatable bonds is 8. The maximum absolute atomic E-state index is 8.79. The molecular formula is C13H21NO3. The molecule has 1 rings (SSSR count). The van der Waals surface area contributed by atoms with Crippen LogP contribution in [0.1, 0.15) is 18.9 Å². The highest BCUT2D eigenvalue weighted by molar-refractivity contribution is 5.40. The van der Waals surface area contributed by atoms with Gasteiger partial charge in [0.25, 0.3) is 0 Å². The summed E-state index contributed by atoms with van der Waals surface area (Å²) in [5.74, 6) is 1.53. The van der Waals surface area contributed by atoms with Crippen LogP contribution < -0.4 is 14.8 Å². The Bertz CT molecular complexity index is 328. The molecule has 0 heterocycles. The first-order valence-electron chi connectivity index (χ1n) is 5.93. The van der Waals surface area contributed by atoms with Gasteiger partial charge in [-0.15, -0.1) is 0 Å².